The van der Waals surface area contributed by atoms with Crippen molar-refractivity contribution in [1.29, 1.82) is 5.26 Å². The molecule has 0 atom stereocenters. The standard InChI is InChI=1S/C27H30N4O4S/c1-4-15-30(16-5-2)36(33,34)25-14-10-11-21(18-25)26-23(17-22(19-28)27(32)35-6-3)20-31(29-26)24-12-8-7-9-13-24/h7-14,17-18,20H,4-6,15-16H2,1-3H3. The average molecular weight is 507 g/mol. The minimum atomic E-state index is -3.71. The normalized spacial score (nSPS) is 11.9. The highest BCUT2D eigenvalue weighted by atomic mass is 32.2. The third-order valence-electron chi connectivity index (χ3n) is 5.37. The lowest BCUT2D eigenvalue weighted by Gasteiger charge is -2.21. The lowest BCUT2D eigenvalue weighted by Crippen LogP contribution is -2.32. The number of nitrogens with zero attached hydrogens (tertiary/aromatic N) is 4. The van der Waals surface area contributed by atoms with E-state index in [4.69, 9.17) is 4.74 Å². The molecule has 9 heteroatoms. The third kappa shape index (κ3) is 6.08. The minimum Gasteiger partial charge on any atom is -0.462 e. The second kappa shape index (κ2) is 12.3. The molecule has 0 aliphatic rings. The lowest BCUT2D eigenvalue weighted by atomic mass is 10.1. The van der Waals surface area contributed by atoms with E-state index in [0.717, 1.165) is 5.69 Å². The van der Waals surface area contributed by atoms with E-state index in [1.165, 1.54) is 10.4 Å². The molecular formula is C27H30N4O4S. The number of para-hydroxylation sites is 1. The van der Waals surface area contributed by atoms with Crippen molar-refractivity contribution in [2.75, 3.05) is 19.7 Å². The molecule has 188 valence electrons. The molecule has 0 saturated carbocycles. The zero-order valence-corrected chi connectivity index (χ0v) is 21.5. The van der Waals surface area contributed by atoms with Crippen LogP contribution in [0.2, 0.25) is 0 Å². The molecule has 0 bridgehead atoms. The van der Waals surface area contributed by atoms with Gasteiger partial charge >= 0.3 is 5.97 Å². The van der Waals surface area contributed by atoms with Gasteiger partial charge in [0.15, 0.2) is 0 Å². The van der Waals surface area contributed by atoms with Gasteiger partial charge in [0.1, 0.15) is 17.3 Å². The highest BCUT2D eigenvalue weighted by Crippen LogP contribution is 2.29. The van der Waals surface area contributed by atoms with Crippen LogP contribution in [0.15, 0.2) is 71.3 Å². The summed E-state index contributed by atoms with van der Waals surface area (Å²) >= 11 is 0. The predicted octanol–water partition coefficient (Wildman–Crippen LogP) is 4.82. The Morgan fingerprint density at radius 2 is 1.78 bits per heavy atom. The summed E-state index contributed by atoms with van der Waals surface area (Å²) in [5, 5.41) is 14.2. The minimum absolute atomic E-state index is 0.139. The van der Waals surface area contributed by atoms with Crippen molar-refractivity contribution in [2.24, 2.45) is 0 Å². The number of sulfonamides is 1. The topological polar surface area (TPSA) is 105 Å². The molecule has 1 heterocycles. The van der Waals surface area contributed by atoms with Gasteiger partial charge in [0.05, 0.1) is 17.2 Å². The summed E-state index contributed by atoms with van der Waals surface area (Å²) < 4.78 is 34.9. The Labute approximate surface area is 212 Å². The van der Waals surface area contributed by atoms with Crippen molar-refractivity contribution in [3.63, 3.8) is 0 Å². The lowest BCUT2D eigenvalue weighted by molar-refractivity contribution is -0.137. The van der Waals surface area contributed by atoms with Crippen molar-refractivity contribution < 1.29 is 17.9 Å². The maximum absolute atomic E-state index is 13.4. The molecule has 3 aromatic rings. The van der Waals surface area contributed by atoms with Crippen LogP contribution in [0, 0.1) is 11.3 Å². The van der Waals surface area contributed by atoms with E-state index in [-0.39, 0.29) is 17.1 Å². The zero-order valence-electron chi connectivity index (χ0n) is 20.7. The van der Waals surface area contributed by atoms with Crippen LogP contribution in [-0.2, 0) is 19.6 Å². The van der Waals surface area contributed by atoms with E-state index in [0.29, 0.717) is 42.8 Å². The van der Waals surface area contributed by atoms with Crippen molar-refractivity contribution in [2.45, 2.75) is 38.5 Å². The van der Waals surface area contributed by atoms with Gasteiger partial charge in [0, 0.05) is 30.4 Å². The van der Waals surface area contributed by atoms with Crippen LogP contribution in [0.1, 0.15) is 39.2 Å². The van der Waals surface area contributed by atoms with Crippen LogP contribution in [-0.4, -0.2) is 48.2 Å². The molecule has 3 rings (SSSR count). The number of esters is 1. The number of carbonyl (C=O) groups is 1. The van der Waals surface area contributed by atoms with E-state index in [1.807, 2.05) is 50.2 Å². The summed E-state index contributed by atoms with van der Waals surface area (Å²) in [5.41, 5.74) is 2.06. The first kappa shape index (κ1) is 26.9. The van der Waals surface area contributed by atoms with Crippen LogP contribution < -0.4 is 0 Å². The summed E-state index contributed by atoms with van der Waals surface area (Å²) in [6.45, 7) is 6.56. The van der Waals surface area contributed by atoms with E-state index >= 15 is 0 Å². The molecule has 0 amide bonds. The Morgan fingerprint density at radius 3 is 2.39 bits per heavy atom. The first-order valence-electron chi connectivity index (χ1n) is 11.9. The molecule has 0 fully saturated rings. The molecule has 0 saturated heterocycles. The highest BCUT2D eigenvalue weighted by molar-refractivity contribution is 7.89. The van der Waals surface area contributed by atoms with Crippen LogP contribution in [0.4, 0.5) is 0 Å². The fourth-order valence-electron chi connectivity index (χ4n) is 3.74. The second-order valence-corrected chi connectivity index (χ2v) is 9.97. The molecule has 0 radical (unpaired) electrons. The number of aromatic nitrogens is 2. The number of hydrogen-bond acceptors (Lipinski definition) is 6. The molecule has 8 nitrogen and oxygen atoms in total. The first-order valence-corrected chi connectivity index (χ1v) is 13.3. The maximum Gasteiger partial charge on any atom is 0.348 e. The summed E-state index contributed by atoms with van der Waals surface area (Å²) in [4.78, 5) is 12.4. The fraction of sp³-hybridized carbons (Fsp3) is 0.296. The number of rotatable bonds is 11. The SMILES string of the molecule is CCCN(CCC)S(=O)(=O)c1cccc(-c2nn(-c3ccccc3)cc2C=C(C#N)C(=O)OCC)c1. The molecule has 0 spiro atoms. The molecule has 2 aromatic carbocycles. The van der Waals surface area contributed by atoms with Crippen molar-refractivity contribution in [1.82, 2.24) is 14.1 Å². The van der Waals surface area contributed by atoms with E-state index in [2.05, 4.69) is 5.10 Å². The van der Waals surface area contributed by atoms with Crippen LogP contribution in [0.5, 0.6) is 0 Å². The van der Waals surface area contributed by atoms with Gasteiger partial charge in [-0.2, -0.15) is 14.7 Å². The molecular weight excluding hydrogens is 476 g/mol. The number of hydrogen-bond donors (Lipinski definition) is 0. The van der Waals surface area contributed by atoms with Gasteiger partial charge in [-0.1, -0.05) is 44.2 Å². The molecule has 36 heavy (non-hydrogen) atoms. The first-order chi connectivity index (χ1) is 17.3. The number of ether oxygens (including phenoxy) is 1. The van der Waals surface area contributed by atoms with Crippen LogP contribution in [0.25, 0.3) is 23.0 Å². The smallest absolute Gasteiger partial charge is 0.348 e. The predicted molar refractivity (Wildman–Crippen MR) is 139 cm³/mol. The Bertz CT molecular complexity index is 1370. The molecule has 0 aliphatic carbocycles. The number of carbonyl (C=O) groups excluding carboxylic acids is 1. The largest absolute Gasteiger partial charge is 0.462 e. The summed E-state index contributed by atoms with van der Waals surface area (Å²) in [6.07, 6.45) is 4.53. The van der Waals surface area contributed by atoms with Crippen molar-refractivity contribution in [3.05, 3.63) is 71.9 Å². The van der Waals surface area contributed by atoms with Crippen molar-refractivity contribution >= 4 is 22.1 Å². The summed E-state index contributed by atoms with van der Waals surface area (Å²) in [7, 11) is -3.71. The van der Waals surface area contributed by atoms with Gasteiger partial charge in [0.2, 0.25) is 10.0 Å². The average Bonchev–Trinajstić information content (AvgIpc) is 3.32. The number of benzene rings is 2. The Balaban J connectivity index is 2.16. The number of nitriles is 1. The Kier molecular flexibility index (Phi) is 9.17. The van der Waals surface area contributed by atoms with E-state index in [1.54, 1.807) is 42.1 Å². The third-order valence-corrected chi connectivity index (χ3v) is 7.26. The molecule has 0 unspecified atom stereocenters. The van der Waals surface area contributed by atoms with Gasteiger partial charge in [-0.25, -0.2) is 17.9 Å². The van der Waals surface area contributed by atoms with Gasteiger partial charge in [-0.05, 0) is 50.1 Å². The van der Waals surface area contributed by atoms with E-state index in [9.17, 15) is 18.5 Å². The zero-order chi connectivity index (χ0) is 26.1. The quantitative estimate of drug-likeness (QED) is 0.210. The van der Waals surface area contributed by atoms with Gasteiger partial charge in [0.25, 0.3) is 0 Å². The van der Waals surface area contributed by atoms with Gasteiger partial charge in [-0.15, -0.1) is 0 Å². The highest BCUT2D eigenvalue weighted by Gasteiger charge is 2.24. The van der Waals surface area contributed by atoms with E-state index < -0.39 is 16.0 Å². The Morgan fingerprint density at radius 1 is 1.08 bits per heavy atom. The van der Waals surface area contributed by atoms with Gasteiger partial charge in [-0.3, -0.25) is 0 Å². The molecule has 1 aromatic heterocycles. The van der Waals surface area contributed by atoms with Gasteiger partial charge < -0.3 is 4.74 Å². The molecule has 0 aliphatic heterocycles. The fourth-order valence-corrected chi connectivity index (χ4v) is 5.41. The summed E-state index contributed by atoms with van der Waals surface area (Å²) in [5.74, 6) is -0.732. The second-order valence-electron chi connectivity index (χ2n) is 8.04. The van der Waals surface area contributed by atoms with Crippen LogP contribution in [0.3, 0.4) is 0 Å². The Hall–Kier alpha value is -3.74. The molecule has 0 N–H and O–H groups in total. The monoisotopic (exact) mass is 506 g/mol. The summed E-state index contributed by atoms with van der Waals surface area (Å²) in [6, 6.07) is 17.8. The van der Waals surface area contributed by atoms with Crippen LogP contribution >= 0.6 is 0 Å². The van der Waals surface area contributed by atoms with Crippen molar-refractivity contribution in [3.8, 4) is 23.0 Å². The maximum atomic E-state index is 13.4.